The van der Waals surface area contributed by atoms with Gasteiger partial charge in [0, 0.05) is 17.3 Å². The Kier molecular flexibility index (Phi) is 8.82. The van der Waals surface area contributed by atoms with Gasteiger partial charge in [0.05, 0.1) is 35.3 Å². The Morgan fingerprint density at radius 1 is 1.05 bits per heavy atom. The van der Waals surface area contributed by atoms with Gasteiger partial charge in [-0.15, -0.1) is 0 Å². The number of carbonyl (C=O) groups is 2. The second-order valence-corrected chi connectivity index (χ2v) is 11.6. The Labute approximate surface area is 250 Å². The smallest absolute Gasteiger partial charge is 0.238 e. The maximum Gasteiger partial charge on any atom is 0.238 e. The normalized spacial score (nSPS) is 21.5. The maximum absolute atomic E-state index is 13.7. The molecule has 3 aromatic carbocycles. The molecule has 1 fully saturated rings. The molecule has 0 aromatic heterocycles. The molecule has 0 bridgehead atoms. The molecule has 0 unspecified atom stereocenters. The number of phenols is 1. The molecule has 42 heavy (non-hydrogen) atoms. The van der Waals surface area contributed by atoms with Crippen molar-refractivity contribution in [3.8, 4) is 5.75 Å². The van der Waals surface area contributed by atoms with E-state index in [1.807, 2.05) is 62.4 Å². The first-order valence-electron chi connectivity index (χ1n) is 14.1. The van der Waals surface area contributed by atoms with Gasteiger partial charge in [-0.1, -0.05) is 47.0 Å². The number of benzene rings is 3. The highest BCUT2D eigenvalue weighted by molar-refractivity contribution is 6.32. The largest absolute Gasteiger partial charge is 0.508 e. The highest BCUT2D eigenvalue weighted by Gasteiger charge is 2.54. The molecule has 7 nitrogen and oxygen atoms in total. The molecule has 1 aliphatic carbocycles. The molecular formula is C34H35ClN2O5. The van der Waals surface area contributed by atoms with Crippen LogP contribution in [0.4, 0.5) is 17.1 Å². The standard InChI is InChI=1S/C34H35ClN2O5/c1-20(16-22-9-14-26(39)18-29(22)35)8-15-30(40)31-21(2)17-27-32(28(31)19-38)34(42)37(33(27)41)25-12-10-24(11-13-25)36-23-6-4-3-5-7-23/h3-7,9-14,16,18,27-28,30,32,36,38-40H,8,15,17,19H2,1-2H3/b20-16+/t27-,28+,30-,32-/m1/s1. The van der Waals surface area contributed by atoms with Crippen molar-refractivity contribution in [3.63, 3.8) is 0 Å². The van der Waals surface area contributed by atoms with Crippen LogP contribution in [0.15, 0.2) is 89.5 Å². The van der Waals surface area contributed by atoms with Crippen molar-refractivity contribution in [1.29, 1.82) is 0 Å². The zero-order valence-corrected chi connectivity index (χ0v) is 24.4. The summed E-state index contributed by atoms with van der Waals surface area (Å²) in [7, 11) is 0. The molecule has 5 rings (SSSR count). The Bertz CT molecular complexity index is 1530. The summed E-state index contributed by atoms with van der Waals surface area (Å²) in [6, 6.07) is 21.6. The monoisotopic (exact) mass is 586 g/mol. The second kappa shape index (κ2) is 12.5. The number of imide groups is 1. The predicted molar refractivity (Wildman–Crippen MR) is 166 cm³/mol. The predicted octanol–water partition coefficient (Wildman–Crippen LogP) is 6.47. The Morgan fingerprint density at radius 2 is 1.74 bits per heavy atom. The van der Waals surface area contributed by atoms with Crippen LogP contribution in [0.3, 0.4) is 0 Å². The van der Waals surface area contributed by atoms with Gasteiger partial charge < -0.3 is 20.6 Å². The summed E-state index contributed by atoms with van der Waals surface area (Å²) < 4.78 is 0. The van der Waals surface area contributed by atoms with Crippen LogP contribution in [0, 0.1) is 17.8 Å². The van der Waals surface area contributed by atoms with Gasteiger partial charge in [0.15, 0.2) is 0 Å². The number of aliphatic hydroxyl groups excluding tert-OH is 2. The first-order valence-corrected chi connectivity index (χ1v) is 14.5. The fourth-order valence-corrected chi connectivity index (χ4v) is 6.47. The van der Waals surface area contributed by atoms with Crippen molar-refractivity contribution in [2.24, 2.45) is 17.8 Å². The molecule has 4 atom stereocenters. The first-order chi connectivity index (χ1) is 20.2. The zero-order valence-electron chi connectivity index (χ0n) is 23.6. The Morgan fingerprint density at radius 3 is 2.40 bits per heavy atom. The van der Waals surface area contributed by atoms with E-state index in [-0.39, 0.29) is 24.2 Å². The summed E-state index contributed by atoms with van der Waals surface area (Å²) in [5.41, 5.74) is 5.49. The maximum atomic E-state index is 13.7. The number of hydrogen-bond acceptors (Lipinski definition) is 6. The van der Waals surface area contributed by atoms with E-state index in [9.17, 15) is 24.9 Å². The number of halogens is 1. The molecule has 3 aromatic rings. The molecule has 8 heteroatoms. The fraction of sp³-hybridized carbons (Fsp3) is 0.294. The lowest BCUT2D eigenvalue weighted by atomic mass is 9.68. The Hall–Kier alpha value is -3.91. The third-order valence-electron chi connectivity index (χ3n) is 8.27. The third-order valence-corrected chi connectivity index (χ3v) is 8.60. The molecule has 0 spiro atoms. The van der Waals surface area contributed by atoms with E-state index >= 15 is 0 Å². The summed E-state index contributed by atoms with van der Waals surface area (Å²) in [5, 5.41) is 35.1. The van der Waals surface area contributed by atoms with Gasteiger partial charge in [0.1, 0.15) is 5.75 Å². The number of nitrogens with zero attached hydrogens (tertiary/aromatic N) is 1. The molecule has 4 N–H and O–H groups in total. The number of hydrogen-bond donors (Lipinski definition) is 4. The number of aliphatic hydroxyl groups is 2. The molecule has 2 amide bonds. The van der Waals surface area contributed by atoms with Crippen LogP contribution in [-0.4, -0.2) is 39.8 Å². The van der Waals surface area contributed by atoms with E-state index < -0.39 is 23.9 Å². The number of rotatable bonds is 9. The van der Waals surface area contributed by atoms with Gasteiger partial charge in [0.2, 0.25) is 11.8 Å². The SMILES string of the molecule is CC1=C([C@H](O)CC/C(C)=C/c2ccc(O)cc2Cl)[C@H](CO)[C@@H]2C(=O)N(c3ccc(Nc4ccccc4)cc3)C(=O)[C@@H]2C1. The van der Waals surface area contributed by atoms with Crippen molar-refractivity contribution < 1.29 is 24.9 Å². The summed E-state index contributed by atoms with van der Waals surface area (Å²) in [5.74, 6) is -2.48. The number of aromatic hydroxyl groups is 1. The topological polar surface area (TPSA) is 110 Å². The lowest BCUT2D eigenvalue weighted by molar-refractivity contribution is -0.123. The van der Waals surface area contributed by atoms with E-state index in [0.717, 1.165) is 28.1 Å². The number of phenolic OH excluding ortho intramolecular Hbond substituents is 1. The average molecular weight is 587 g/mol. The highest BCUT2D eigenvalue weighted by Crippen LogP contribution is 2.47. The van der Waals surface area contributed by atoms with Crippen molar-refractivity contribution >= 4 is 46.6 Å². The van der Waals surface area contributed by atoms with Gasteiger partial charge in [-0.3, -0.25) is 14.5 Å². The van der Waals surface area contributed by atoms with E-state index in [1.54, 1.807) is 24.3 Å². The van der Waals surface area contributed by atoms with E-state index in [0.29, 0.717) is 35.5 Å². The van der Waals surface area contributed by atoms with Crippen LogP contribution in [0.25, 0.3) is 6.08 Å². The number of para-hydroxylation sites is 1. The van der Waals surface area contributed by atoms with Crippen molar-refractivity contribution in [2.45, 2.75) is 39.2 Å². The molecule has 0 radical (unpaired) electrons. The Balaban J connectivity index is 1.30. The first kappa shape index (κ1) is 29.6. The second-order valence-electron chi connectivity index (χ2n) is 11.2. The minimum absolute atomic E-state index is 0.0916. The van der Waals surface area contributed by atoms with Crippen molar-refractivity contribution in [2.75, 3.05) is 16.8 Å². The highest BCUT2D eigenvalue weighted by atomic mass is 35.5. The van der Waals surface area contributed by atoms with Gasteiger partial charge in [-0.2, -0.15) is 0 Å². The molecule has 0 saturated carbocycles. The molecule has 1 aliphatic heterocycles. The van der Waals surface area contributed by atoms with Gasteiger partial charge in [0.25, 0.3) is 0 Å². The zero-order chi connectivity index (χ0) is 30.0. The lowest BCUT2D eigenvalue weighted by Crippen LogP contribution is -2.38. The van der Waals surface area contributed by atoms with Gasteiger partial charge in [-0.05, 0) is 98.8 Å². The number of fused-ring (bicyclic) bond motifs is 1. The van der Waals surface area contributed by atoms with Crippen molar-refractivity contribution in [1.82, 2.24) is 0 Å². The minimum atomic E-state index is -0.873. The number of allylic oxidation sites excluding steroid dienone is 2. The minimum Gasteiger partial charge on any atom is -0.508 e. The van der Waals surface area contributed by atoms with Crippen LogP contribution in [0.2, 0.25) is 5.02 Å². The molecular weight excluding hydrogens is 552 g/mol. The van der Waals surface area contributed by atoms with Crippen LogP contribution >= 0.6 is 11.6 Å². The van der Waals surface area contributed by atoms with Gasteiger partial charge >= 0.3 is 0 Å². The quantitative estimate of drug-likeness (QED) is 0.169. The molecule has 1 heterocycles. The van der Waals surface area contributed by atoms with Crippen molar-refractivity contribution in [3.05, 3.63) is 100 Å². The van der Waals surface area contributed by atoms with Crippen LogP contribution < -0.4 is 10.2 Å². The summed E-state index contributed by atoms with van der Waals surface area (Å²) >= 11 is 6.23. The van der Waals surface area contributed by atoms with E-state index in [2.05, 4.69) is 5.32 Å². The summed E-state index contributed by atoms with van der Waals surface area (Å²) in [4.78, 5) is 28.5. The van der Waals surface area contributed by atoms with E-state index in [4.69, 9.17) is 11.6 Å². The van der Waals surface area contributed by atoms with Gasteiger partial charge in [-0.25, -0.2) is 0 Å². The van der Waals surface area contributed by atoms with Crippen LogP contribution in [-0.2, 0) is 9.59 Å². The fourth-order valence-electron chi connectivity index (χ4n) is 6.24. The van der Waals surface area contributed by atoms with Crippen LogP contribution in [0.1, 0.15) is 38.7 Å². The number of amides is 2. The van der Waals surface area contributed by atoms with Crippen LogP contribution in [0.5, 0.6) is 5.75 Å². The molecule has 2 aliphatic rings. The molecule has 218 valence electrons. The number of anilines is 3. The lowest BCUT2D eigenvalue weighted by Gasteiger charge is -2.35. The third kappa shape index (κ3) is 6.00. The summed E-state index contributed by atoms with van der Waals surface area (Å²) in [6.45, 7) is 3.48. The molecule has 1 saturated heterocycles. The number of carbonyl (C=O) groups excluding carboxylic acids is 2. The average Bonchev–Trinajstić information content (AvgIpc) is 3.22. The van der Waals surface area contributed by atoms with E-state index in [1.165, 1.54) is 11.0 Å². The summed E-state index contributed by atoms with van der Waals surface area (Å²) in [6.07, 6.45) is 2.35. The number of nitrogens with one attached hydrogen (secondary N) is 1.